The van der Waals surface area contributed by atoms with Gasteiger partial charge in [-0.05, 0) is 25.4 Å². The molecule has 0 radical (unpaired) electrons. The average molecular weight is 283 g/mol. The molecule has 1 aliphatic carbocycles. The highest BCUT2D eigenvalue weighted by Gasteiger charge is 2.67. The maximum Gasteiger partial charge on any atom is 0.328 e. The number of ether oxygens (including phenoxy) is 1. The maximum absolute atomic E-state index is 12.0. The first kappa shape index (κ1) is 11.2. The Morgan fingerprint density at radius 1 is 1.50 bits per heavy atom. The fourth-order valence-corrected chi connectivity index (χ4v) is 2.97. The summed E-state index contributed by atoms with van der Waals surface area (Å²) in [6, 6.07) is 0. The number of ketones is 1. The van der Waals surface area contributed by atoms with Crippen LogP contribution in [0.3, 0.4) is 0 Å². The summed E-state index contributed by atoms with van der Waals surface area (Å²) in [6.07, 6.45) is 3.18. The molecular weight excluding hydrogens is 260 g/mol. The molecule has 0 spiro atoms. The number of carbonyl (C=O) groups is 2. The normalized spacial score (nSPS) is 44.2. The van der Waals surface area contributed by atoms with Crippen LogP contribution in [0, 0.1) is 5.41 Å². The van der Waals surface area contributed by atoms with Gasteiger partial charge < -0.3 is 14.9 Å². The maximum atomic E-state index is 12.0. The number of hydrogen-bond acceptors (Lipinski definition) is 4. The molecule has 2 fully saturated rings. The van der Waals surface area contributed by atoms with Crippen LogP contribution in [0.15, 0.2) is 23.8 Å². The summed E-state index contributed by atoms with van der Waals surface area (Å²) < 4.78 is 28.9. The number of rotatable bonds is 3. The Labute approximate surface area is 122 Å². The van der Waals surface area contributed by atoms with E-state index in [0.717, 1.165) is 6.08 Å². The second-order valence-electron chi connectivity index (χ2n) is 5.89. The van der Waals surface area contributed by atoms with Crippen molar-refractivity contribution >= 4 is 11.8 Å². The molecule has 5 heteroatoms. The Hall–Kier alpha value is -1.46. The SMILES string of the molecule is [2H]C([2H])([2H])[C@]12CC(=O)C[C@](C)(CO1)[C@@]2(O)/C=C/C(C)=C\C(=O)O. The van der Waals surface area contributed by atoms with Gasteiger partial charge in [0, 0.05) is 28.4 Å². The Balaban J connectivity index is 2.54. The van der Waals surface area contributed by atoms with Crippen LogP contribution in [0.25, 0.3) is 0 Å². The van der Waals surface area contributed by atoms with E-state index >= 15 is 0 Å². The molecular formula is C15H20O5. The monoisotopic (exact) mass is 283 g/mol. The van der Waals surface area contributed by atoms with Gasteiger partial charge in [0.1, 0.15) is 17.0 Å². The highest BCUT2D eigenvalue weighted by atomic mass is 16.5. The summed E-state index contributed by atoms with van der Waals surface area (Å²) in [5.74, 6) is -1.41. The van der Waals surface area contributed by atoms with Crippen molar-refractivity contribution in [2.45, 2.75) is 44.7 Å². The van der Waals surface area contributed by atoms with Crippen LogP contribution in [-0.4, -0.2) is 39.8 Å². The number of allylic oxidation sites excluding steroid dienone is 2. The van der Waals surface area contributed by atoms with Crippen molar-refractivity contribution in [3.8, 4) is 0 Å². The van der Waals surface area contributed by atoms with Gasteiger partial charge in [0.15, 0.2) is 0 Å². The van der Waals surface area contributed by atoms with Crippen molar-refractivity contribution in [1.82, 2.24) is 0 Å². The first-order valence-corrected chi connectivity index (χ1v) is 6.35. The molecule has 3 atom stereocenters. The van der Waals surface area contributed by atoms with Crippen LogP contribution < -0.4 is 0 Å². The zero-order valence-electron chi connectivity index (χ0n) is 14.5. The van der Waals surface area contributed by atoms with Crippen LogP contribution in [0.1, 0.15) is 37.7 Å². The van der Waals surface area contributed by atoms with E-state index in [2.05, 4.69) is 0 Å². The largest absolute Gasteiger partial charge is 0.478 e. The molecule has 0 unspecified atom stereocenters. The first-order chi connectivity index (χ1) is 10.4. The molecule has 2 bridgehead atoms. The van der Waals surface area contributed by atoms with Gasteiger partial charge >= 0.3 is 5.97 Å². The number of aliphatic carboxylic acids is 1. The number of carboxylic acids is 1. The molecule has 1 saturated heterocycles. The van der Waals surface area contributed by atoms with Gasteiger partial charge in [-0.3, -0.25) is 4.79 Å². The molecule has 0 aromatic carbocycles. The molecule has 0 aromatic rings. The third-order valence-corrected chi connectivity index (χ3v) is 4.14. The number of aliphatic hydroxyl groups is 1. The van der Waals surface area contributed by atoms with Crippen molar-refractivity contribution in [1.29, 1.82) is 0 Å². The van der Waals surface area contributed by atoms with Crippen molar-refractivity contribution in [2.75, 3.05) is 6.61 Å². The lowest BCUT2D eigenvalue weighted by Gasteiger charge is -2.47. The van der Waals surface area contributed by atoms with Crippen molar-refractivity contribution in [2.24, 2.45) is 5.41 Å². The molecule has 1 heterocycles. The van der Waals surface area contributed by atoms with E-state index in [-0.39, 0.29) is 18.8 Å². The van der Waals surface area contributed by atoms with Crippen LogP contribution >= 0.6 is 0 Å². The summed E-state index contributed by atoms with van der Waals surface area (Å²) in [4.78, 5) is 22.7. The molecule has 0 aromatic heterocycles. The number of fused-ring (bicyclic) bond motifs is 2. The smallest absolute Gasteiger partial charge is 0.328 e. The van der Waals surface area contributed by atoms with E-state index in [4.69, 9.17) is 14.0 Å². The quantitative estimate of drug-likeness (QED) is 0.605. The second-order valence-corrected chi connectivity index (χ2v) is 5.89. The third-order valence-electron chi connectivity index (χ3n) is 4.14. The van der Waals surface area contributed by atoms with E-state index in [1.165, 1.54) is 19.1 Å². The number of Topliss-reactive ketones (excluding diaryl/α,β-unsaturated/α-hetero) is 1. The fraction of sp³-hybridized carbons (Fsp3) is 0.600. The topological polar surface area (TPSA) is 83.8 Å². The zero-order chi connectivity index (χ0) is 17.7. The Bertz CT molecular complexity index is 609. The van der Waals surface area contributed by atoms with Crippen LogP contribution in [0.5, 0.6) is 0 Å². The molecule has 20 heavy (non-hydrogen) atoms. The lowest BCUT2D eigenvalue weighted by molar-refractivity contribution is -0.151. The predicted molar refractivity (Wildman–Crippen MR) is 72.2 cm³/mol. The van der Waals surface area contributed by atoms with Crippen LogP contribution in [0.2, 0.25) is 0 Å². The summed E-state index contributed by atoms with van der Waals surface area (Å²) >= 11 is 0. The van der Waals surface area contributed by atoms with Gasteiger partial charge in [0.25, 0.3) is 0 Å². The summed E-state index contributed by atoms with van der Waals surface area (Å²) in [5.41, 5.74) is -4.64. The third kappa shape index (κ3) is 2.11. The molecule has 2 aliphatic rings. The van der Waals surface area contributed by atoms with Crippen molar-refractivity contribution in [3.63, 3.8) is 0 Å². The number of hydrogen-bond donors (Lipinski definition) is 2. The standard InChI is InChI=1S/C15H20O5/c1-10(6-12(17)18)4-5-15(19)13(2)7-11(16)8-14(15,3)20-9-13/h4-6,19H,7-9H2,1-3H3,(H,17,18)/b5-4+,10-6-/t13-,14-,15+/m1/s1/i3D3. The summed E-state index contributed by atoms with van der Waals surface area (Å²) in [6.45, 7) is 0.372. The van der Waals surface area contributed by atoms with Crippen LogP contribution in [0.4, 0.5) is 0 Å². The van der Waals surface area contributed by atoms with Gasteiger partial charge in [-0.1, -0.05) is 13.0 Å². The van der Waals surface area contributed by atoms with E-state index in [0.29, 0.717) is 5.57 Å². The molecule has 110 valence electrons. The summed E-state index contributed by atoms with van der Waals surface area (Å²) in [7, 11) is 0. The Kier molecular flexibility index (Phi) is 2.54. The molecule has 5 nitrogen and oxygen atoms in total. The fourth-order valence-electron chi connectivity index (χ4n) is 2.97. The minimum atomic E-state index is -2.70. The Morgan fingerprint density at radius 2 is 2.20 bits per heavy atom. The lowest BCUT2D eigenvalue weighted by atomic mass is 9.59. The van der Waals surface area contributed by atoms with E-state index in [1.807, 2.05) is 0 Å². The summed E-state index contributed by atoms with van der Waals surface area (Å²) in [5, 5.41) is 20.0. The minimum absolute atomic E-state index is 0.00730. The first-order valence-electron chi connectivity index (χ1n) is 7.85. The van der Waals surface area contributed by atoms with Gasteiger partial charge in [-0.2, -0.15) is 0 Å². The van der Waals surface area contributed by atoms with E-state index < -0.39 is 35.9 Å². The van der Waals surface area contributed by atoms with Gasteiger partial charge in [0.2, 0.25) is 0 Å². The Morgan fingerprint density at radius 3 is 2.80 bits per heavy atom. The zero-order valence-corrected chi connectivity index (χ0v) is 11.5. The highest BCUT2D eigenvalue weighted by Crippen LogP contribution is 2.56. The molecule has 0 amide bonds. The van der Waals surface area contributed by atoms with E-state index in [1.54, 1.807) is 6.92 Å². The van der Waals surface area contributed by atoms with Gasteiger partial charge in [-0.25, -0.2) is 4.79 Å². The van der Waals surface area contributed by atoms with Crippen molar-refractivity contribution in [3.05, 3.63) is 23.8 Å². The average Bonchev–Trinajstić information content (AvgIpc) is 2.51. The number of carboxylic acid groups (broad SMARTS) is 1. The van der Waals surface area contributed by atoms with Gasteiger partial charge in [-0.15, -0.1) is 0 Å². The van der Waals surface area contributed by atoms with Crippen molar-refractivity contribution < 1.29 is 28.7 Å². The minimum Gasteiger partial charge on any atom is -0.478 e. The lowest BCUT2D eigenvalue weighted by Crippen LogP contribution is -2.60. The second kappa shape index (κ2) is 4.53. The molecule has 2 rings (SSSR count). The van der Waals surface area contributed by atoms with Crippen LogP contribution in [-0.2, 0) is 14.3 Å². The van der Waals surface area contributed by atoms with Gasteiger partial charge in [0.05, 0.1) is 6.61 Å². The molecule has 1 aliphatic heterocycles. The highest BCUT2D eigenvalue weighted by molar-refractivity contribution is 5.83. The molecule has 1 saturated carbocycles. The predicted octanol–water partition coefficient (Wildman–Crippen LogP) is 1.46. The number of carbonyl (C=O) groups excluding carboxylic acids is 1. The van der Waals surface area contributed by atoms with E-state index in [9.17, 15) is 14.7 Å². The molecule has 2 N–H and O–H groups in total.